The molecule has 2 aromatic carbocycles. The summed E-state index contributed by atoms with van der Waals surface area (Å²) < 4.78 is 13.1. The molecule has 0 aliphatic heterocycles. The Kier molecular flexibility index (Phi) is 5.57. The number of benzene rings is 2. The minimum absolute atomic E-state index is 0.204. The summed E-state index contributed by atoms with van der Waals surface area (Å²) in [5.74, 6) is -0.354. The summed E-state index contributed by atoms with van der Waals surface area (Å²) >= 11 is 5.79. The van der Waals surface area contributed by atoms with Crippen molar-refractivity contribution in [2.75, 3.05) is 7.05 Å². The Hall–Kier alpha value is -1.38. The fourth-order valence-corrected chi connectivity index (χ4v) is 2.57. The van der Waals surface area contributed by atoms with E-state index in [0.717, 1.165) is 24.8 Å². The van der Waals surface area contributed by atoms with Gasteiger partial charge in [-0.05, 0) is 49.6 Å². The van der Waals surface area contributed by atoms with E-state index in [1.807, 2.05) is 13.1 Å². The first kappa shape index (κ1) is 15.0. The van der Waals surface area contributed by atoms with Gasteiger partial charge < -0.3 is 5.32 Å². The van der Waals surface area contributed by atoms with Crippen LogP contribution in [0.1, 0.15) is 30.0 Å². The predicted octanol–water partition coefficient (Wildman–Crippen LogP) is 4.76. The standard InChI is InChI=1S/C17H19ClFN/c1-20-17(14-7-3-2-4-8-14)9-5-6-13-10-11-16(19)15(18)12-13/h2-4,7-8,10-12,17,20H,5-6,9H2,1H3. The van der Waals surface area contributed by atoms with E-state index in [0.29, 0.717) is 6.04 Å². The zero-order valence-electron chi connectivity index (χ0n) is 11.6. The third-order valence-corrected chi connectivity index (χ3v) is 3.78. The maximum atomic E-state index is 13.1. The highest BCUT2D eigenvalue weighted by atomic mass is 35.5. The molecule has 20 heavy (non-hydrogen) atoms. The highest BCUT2D eigenvalue weighted by molar-refractivity contribution is 6.30. The Labute approximate surface area is 124 Å². The van der Waals surface area contributed by atoms with Crippen molar-refractivity contribution in [3.05, 3.63) is 70.5 Å². The molecule has 1 N–H and O–H groups in total. The fraction of sp³-hybridized carbons (Fsp3) is 0.294. The topological polar surface area (TPSA) is 12.0 Å². The minimum Gasteiger partial charge on any atom is -0.313 e. The van der Waals surface area contributed by atoms with E-state index in [2.05, 4.69) is 29.6 Å². The Morgan fingerprint density at radius 2 is 1.90 bits per heavy atom. The van der Waals surface area contributed by atoms with Crippen molar-refractivity contribution < 1.29 is 4.39 Å². The van der Waals surface area contributed by atoms with Gasteiger partial charge in [0, 0.05) is 6.04 Å². The summed E-state index contributed by atoms with van der Waals surface area (Å²) in [5.41, 5.74) is 2.38. The van der Waals surface area contributed by atoms with Crippen LogP contribution in [0.5, 0.6) is 0 Å². The van der Waals surface area contributed by atoms with Crippen molar-refractivity contribution in [3.63, 3.8) is 0 Å². The molecule has 0 heterocycles. The average Bonchev–Trinajstić information content (AvgIpc) is 2.48. The van der Waals surface area contributed by atoms with Gasteiger partial charge in [-0.3, -0.25) is 0 Å². The van der Waals surface area contributed by atoms with Crippen molar-refractivity contribution in [2.24, 2.45) is 0 Å². The van der Waals surface area contributed by atoms with Crippen LogP contribution in [-0.4, -0.2) is 7.05 Å². The van der Waals surface area contributed by atoms with Gasteiger partial charge in [0.15, 0.2) is 0 Å². The van der Waals surface area contributed by atoms with Gasteiger partial charge in [-0.2, -0.15) is 0 Å². The third kappa shape index (κ3) is 4.06. The monoisotopic (exact) mass is 291 g/mol. The van der Waals surface area contributed by atoms with Gasteiger partial charge in [-0.25, -0.2) is 4.39 Å². The van der Waals surface area contributed by atoms with Crippen LogP contribution in [0.25, 0.3) is 0 Å². The van der Waals surface area contributed by atoms with Crippen molar-refractivity contribution in [1.29, 1.82) is 0 Å². The second-order valence-corrected chi connectivity index (χ2v) is 5.30. The molecule has 0 fully saturated rings. The third-order valence-electron chi connectivity index (χ3n) is 3.49. The first-order valence-corrected chi connectivity index (χ1v) is 7.24. The first-order chi connectivity index (χ1) is 9.70. The van der Waals surface area contributed by atoms with Gasteiger partial charge in [-0.15, -0.1) is 0 Å². The second kappa shape index (κ2) is 7.41. The normalized spacial score (nSPS) is 12.3. The molecule has 0 radical (unpaired) electrons. The van der Waals surface area contributed by atoms with E-state index >= 15 is 0 Å². The summed E-state index contributed by atoms with van der Waals surface area (Å²) in [6.45, 7) is 0. The van der Waals surface area contributed by atoms with Gasteiger partial charge in [0.25, 0.3) is 0 Å². The van der Waals surface area contributed by atoms with Crippen molar-refractivity contribution in [2.45, 2.75) is 25.3 Å². The number of hydrogen-bond donors (Lipinski definition) is 1. The molecule has 0 spiro atoms. The molecule has 2 rings (SSSR count). The Bertz CT molecular complexity index is 542. The number of rotatable bonds is 6. The van der Waals surface area contributed by atoms with Crippen LogP contribution in [0.15, 0.2) is 48.5 Å². The van der Waals surface area contributed by atoms with E-state index < -0.39 is 0 Å². The van der Waals surface area contributed by atoms with Crippen LogP contribution in [0.4, 0.5) is 4.39 Å². The molecule has 0 saturated heterocycles. The van der Waals surface area contributed by atoms with Crippen molar-refractivity contribution in [3.8, 4) is 0 Å². The van der Waals surface area contributed by atoms with Crippen LogP contribution in [0, 0.1) is 5.82 Å². The van der Waals surface area contributed by atoms with E-state index in [9.17, 15) is 4.39 Å². The quantitative estimate of drug-likeness (QED) is 0.809. The van der Waals surface area contributed by atoms with Gasteiger partial charge in [0.05, 0.1) is 5.02 Å². The molecule has 1 atom stereocenters. The minimum atomic E-state index is -0.354. The summed E-state index contributed by atoms with van der Waals surface area (Å²) in [4.78, 5) is 0. The molecule has 3 heteroatoms. The highest BCUT2D eigenvalue weighted by Gasteiger charge is 2.08. The van der Waals surface area contributed by atoms with Crippen LogP contribution < -0.4 is 5.32 Å². The maximum Gasteiger partial charge on any atom is 0.141 e. The number of aryl methyl sites for hydroxylation is 1. The van der Waals surface area contributed by atoms with Gasteiger partial charge >= 0.3 is 0 Å². The van der Waals surface area contributed by atoms with Gasteiger partial charge in [0.2, 0.25) is 0 Å². The number of halogens is 2. The Morgan fingerprint density at radius 1 is 1.15 bits per heavy atom. The summed E-state index contributed by atoms with van der Waals surface area (Å²) in [6.07, 6.45) is 2.98. The largest absolute Gasteiger partial charge is 0.313 e. The van der Waals surface area contributed by atoms with Gasteiger partial charge in [0.1, 0.15) is 5.82 Å². The molecular formula is C17H19ClFN. The zero-order chi connectivity index (χ0) is 14.4. The smallest absolute Gasteiger partial charge is 0.141 e. The summed E-state index contributed by atoms with van der Waals surface area (Å²) in [5, 5.41) is 3.54. The van der Waals surface area contributed by atoms with Crippen molar-refractivity contribution in [1.82, 2.24) is 5.32 Å². The predicted molar refractivity (Wildman–Crippen MR) is 82.6 cm³/mol. The molecule has 0 saturated carbocycles. The van der Waals surface area contributed by atoms with Crippen LogP contribution in [0.2, 0.25) is 5.02 Å². The van der Waals surface area contributed by atoms with E-state index in [-0.39, 0.29) is 10.8 Å². The molecule has 106 valence electrons. The Balaban J connectivity index is 1.89. The SMILES string of the molecule is CNC(CCCc1ccc(F)c(Cl)c1)c1ccccc1. The van der Waals surface area contributed by atoms with Crippen LogP contribution in [0.3, 0.4) is 0 Å². The lowest BCUT2D eigenvalue weighted by Crippen LogP contribution is -2.16. The molecule has 0 amide bonds. The van der Waals surface area contributed by atoms with Crippen LogP contribution in [-0.2, 0) is 6.42 Å². The van der Waals surface area contributed by atoms with Crippen molar-refractivity contribution >= 4 is 11.6 Å². The zero-order valence-corrected chi connectivity index (χ0v) is 12.3. The molecule has 0 bridgehead atoms. The van der Waals surface area contributed by atoms with Gasteiger partial charge in [-0.1, -0.05) is 48.0 Å². The summed E-state index contributed by atoms with van der Waals surface area (Å²) in [7, 11) is 1.98. The molecule has 0 aliphatic carbocycles. The summed E-state index contributed by atoms with van der Waals surface area (Å²) in [6, 6.07) is 15.7. The number of nitrogens with one attached hydrogen (secondary N) is 1. The molecule has 1 unspecified atom stereocenters. The molecule has 0 aromatic heterocycles. The van der Waals surface area contributed by atoms with E-state index in [1.54, 1.807) is 12.1 Å². The maximum absolute atomic E-state index is 13.1. The lowest BCUT2D eigenvalue weighted by molar-refractivity contribution is 0.527. The second-order valence-electron chi connectivity index (χ2n) is 4.89. The molecule has 0 aliphatic rings. The molecular weight excluding hydrogens is 273 g/mol. The van der Waals surface area contributed by atoms with Crippen LogP contribution >= 0.6 is 11.6 Å². The number of hydrogen-bond acceptors (Lipinski definition) is 1. The average molecular weight is 292 g/mol. The molecule has 1 nitrogen and oxygen atoms in total. The first-order valence-electron chi connectivity index (χ1n) is 6.87. The lowest BCUT2D eigenvalue weighted by Gasteiger charge is -2.16. The van der Waals surface area contributed by atoms with E-state index in [4.69, 9.17) is 11.6 Å². The molecule has 2 aromatic rings. The highest BCUT2D eigenvalue weighted by Crippen LogP contribution is 2.21. The Morgan fingerprint density at radius 3 is 2.55 bits per heavy atom. The lowest BCUT2D eigenvalue weighted by atomic mass is 9.99. The fourth-order valence-electron chi connectivity index (χ4n) is 2.37. The van der Waals surface area contributed by atoms with E-state index in [1.165, 1.54) is 11.6 Å².